The molecule has 214 valence electrons. The second-order valence-corrected chi connectivity index (χ2v) is 11.4. The summed E-state index contributed by atoms with van der Waals surface area (Å²) < 4.78 is 109. The molecule has 0 aliphatic carbocycles. The van der Waals surface area contributed by atoms with Gasteiger partial charge in [0.15, 0.2) is 0 Å². The van der Waals surface area contributed by atoms with Gasteiger partial charge in [0.2, 0.25) is 10.0 Å². The predicted octanol–water partition coefficient (Wildman–Crippen LogP) is 6.66. The van der Waals surface area contributed by atoms with Crippen LogP contribution in [-0.2, 0) is 22.7 Å². The van der Waals surface area contributed by atoms with Crippen molar-refractivity contribution in [3.8, 4) is 0 Å². The summed E-state index contributed by atoms with van der Waals surface area (Å²) in [6.07, 6.45) is -4.67. The van der Waals surface area contributed by atoms with Crippen molar-refractivity contribution in [2.45, 2.75) is 36.5 Å². The molecule has 0 atom stereocenters. The first kappa shape index (κ1) is 29.7. The van der Waals surface area contributed by atoms with Gasteiger partial charge in [0, 0.05) is 41.9 Å². The van der Waals surface area contributed by atoms with E-state index < -0.39 is 57.8 Å². The van der Waals surface area contributed by atoms with Crippen LogP contribution >= 0.6 is 11.6 Å². The number of likely N-dealkylation sites (tertiary alicyclic amines) is 1. The average Bonchev–Trinajstić information content (AvgIpc) is 2.88. The Morgan fingerprint density at radius 1 is 0.950 bits per heavy atom. The number of amides is 2. The van der Waals surface area contributed by atoms with Gasteiger partial charge in [0.1, 0.15) is 17.5 Å². The molecule has 40 heavy (non-hydrogen) atoms. The molecule has 1 N–H and O–H groups in total. The second-order valence-electron chi connectivity index (χ2n) is 9.08. The molecule has 1 heterocycles. The molecule has 3 aromatic carbocycles. The lowest BCUT2D eigenvalue weighted by atomic mass is 10.0. The Morgan fingerprint density at radius 2 is 1.60 bits per heavy atom. The lowest BCUT2D eigenvalue weighted by Gasteiger charge is -2.38. The largest absolute Gasteiger partial charge is 0.419 e. The first-order chi connectivity index (χ1) is 18.8. The van der Waals surface area contributed by atoms with Gasteiger partial charge in [-0.05, 0) is 73.5 Å². The first-order valence-electron chi connectivity index (χ1n) is 11.9. The molecule has 0 bridgehead atoms. The molecule has 3 aromatic rings. The molecule has 1 saturated heterocycles. The van der Waals surface area contributed by atoms with E-state index in [1.54, 1.807) is 0 Å². The number of halogens is 7. The van der Waals surface area contributed by atoms with Crippen LogP contribution in [0, 0.1) is 17.5 Å². The number of piperidine rings is 1. The summed E-state index contributed by atoms with van der Waals surface area (Å²) in [7, 11) is -4.22. The van der Waals surface area contributed by atoms with Crippen molar-refractivity contribution in [2.24, 2.45) is 0 Å². The molecule has 1 fully saturated rings. The van der Waals surface area contributed by atoms with Gasteiger partial charge in [-0.1, -0.05) is 11.6 Å². The number of rotatable bonds is 6. The highest BCUT2D eigenvalue weighted by molar-refractivity contribution is 7.89. The number of carbonyl (C=O) groups is 1. The van der Waals surface area contributed by atoms with Crippen molar-refractivity contribution >= 4 is 33.3 Å². The fraction of sp³-hybridized carbons (Fsp3) is 0.269. The zero-order valence-electron chi connectivity index (χ0n) is 20.6. The summed E-state index contributed by atoms with van der Waals surface area (Å²) in [5.41, 5.74) is -1.84. The quantitative estimate of drug-likeness (QED) is 0.319. The molecular weight excluding hydrogens is 584 g/mol. The van der Waals surface area contributed by atoms with E-state index in [0.29, 0.717) is 17.2 Å². The van der Waals surface area contributed by atoms with E-state index in [4.69, 9.17) is 11.6 Å². The van der Waals surface area contributed by atoms with Crippen molar-refractivity contribution in [3.05, 3.63) is 94.3 Å². The lowest BCUT2D eigenvalue weighted by Crippen LogP contribution is -2.49. The van der Waals surface area contributed by atoms with Gasteiger partial charge in [-0.25, -0.2) is 26.4 Å². The van der Waals surface area contributed by atoms with E-state index in [-0.39, 0.29) is 42.1 Å². The minimum absolute atomic E-state index is 0.0257. The van der Waals surface area contributed by atoms with Gasteiger partial charge < -0.3 is 10.2 Å². The van der Waals surface area contributed by atoms with E-state index >= 15 is 0 Å². The molecule has 0 radical (unpaired) electrons. The van der Waals surface area contributed by atoms with E-state index in [0.717, 1.165) is 28.6 Å². The van der Waals surface area contributed by atoms with E-state index in [1.165, 1.54) is 29.2 Å². The maximum Gasteiger partial charge on any atom is 0.419 e. The molecular formula is C26H22ClF6N3O3S. The number of carbonyl (C=O) groups excluding carboxylic acids is 1. The summed E-state index contributed by atoms with van der Waals surface area (Å²) in [4.78, 5) is 13.9. The maximum atomic E-state index is 14.5. The number of nitrogens with zero attached hydrogens (tertiary/aromatic N) is 2. The molecule has 14 heteroatoms. The van der Waals surface area contributed by atoms with Crippen molar-refractivity contribution in [1.82, 2.24) is 9.21 Å². The van der Waals surface area contributed by atoms with E-state index in [9.17, 15) is 39.6 Å². The van der Waals surface area contributed by atoms with Crippen LogP contribution in [0.25, 0.3) is 0 Å². The molecule has 4 rings (SSSR count). The van der Waals surface area contributed by atoms with Crippen molar-refractivity contribution in [2.75, 3.05) is 18.4 Å². The van der Waals surface area contributed by atoms with Crippen molar-refractivity contribution < 1.29 is 39.6 Å². The van der Waals surface area contributed by atoms with Gasteiger partial charge in [0.05, 0.1) is 10.5 Å². The fourth-order valence-electron chi connectivity index (χ4n) is 4.37. The molecule has 1 aliphatic heterocycles. The number of benzene rings is 3. The second kappa shape index (κ2) is 11.7. The minimum Gasteiger partial charge on any atom is -0.324 e. The minimum atomic E-state index is -4.89. The van der Waals surface area contributed by atoms with Crippen LogP contribution in [-0.4, -0.2) is 42.8 Å². The topological polar surface area (TPSA) is 69.7 Å². The molecule has 1 aliphatic rings. The Kier molecular flexibility index (Phi) is 8.66. The van der Waals surface area contributed by atoms with E-state index in [1.807, 2.05) is 0 Å². The summed E-state index contributed by atoms with van der Waals surface area (Å²) in [6.45, 7) is -0.425. The van der Waals surface area contributed by atoms with Gasteiger partial charge in [-0.3, -0.25) is 0 Å². The Bertz CT molecular complexity index is 1490. The number of hydrogen-bond acceptors (Lipinski definition) is 3. The third kappa shape index (κ3) is 6.70. The van der Waals surface area contributed by atoms with Crippen LogP contribution in [0.3, 0.4) is 0 Å². The average molecular weight is 606 g/mol. The molecule has 0 unspecified atom stereocenters. The molecule has 0 aromatic heterocycles. The Labute approximate surface area is 231 Å². The first-order valence-corrected chi connectivity index (χ1v) is 13.7. The van der Waals surface area contributed by atoms with Crippen LogP contribution < -0.4 is 5.32 Å². The zero-order chi connectivity index (χ0) is 29.2. The van der Waals surface area contributed by atoms with Crippen LogP contribution in [0.2, 0.25) is 5.02 Å². The van der Waals surface area contributed by atoms with Gasteiger partial charge in [-0.15, -0.1) is 0 Å². The SMILES string of the molecule is O=C(Nc1ccc(C(F)(F)F)c(F)c1)N1CCC(N(Cc2cc(F)ccc2F)S(=O)(=O)c2ccc(Cl)cc2)CC1. The standard InChI is InChI=1S/C26H22ClF6N3O3S/c27-17-1-5-21(6-2-17)40(38,39)36(15-16-13-18(28)3-8-23(16)29)20-9-11-35(12-10-20)25(37)34-19-4-7-22(24(30)14-19)26(31,32)33/h1-8,13-14,20H,9-12,15H2,(H,34,37). The molecule has 2 amide bonds. The Hall–Kier alpha value is -3.29. The highest BCUT2D eigenvalue weighted by atomic mass is 35.5. The van der Waals surface area contributed by atoms with Gasteiger partial charge >= 0.3 is 12.2 Å². The third-order valence-electron chi connectivity index (χ3n) is 6.44. The molecule has 0 saturated carbocycles. The number of urea groups is 1. The molecule has 0 spiro atoms. The smallest absolute Gasteiger partial charge is 0.324 e. The van der Waals surface area contributed by atoms with Crippen LogP contribution in [0.1, 0.15) is 24.0 Å². The Morgan fingerprint density at radius 3 is 2.20 bits per heavy atom. The third-order valence-corrected chi connectivity index (χ3v) is 8.60. The van der Waals surface area contributed by atoms with Crippen molar-refractivity contribution in [1.29, 1.82) is 0 Å². The highest BCUT2D eigenvalue weighted by Crippen LogP contribution is 2.33. The number of hydrogen-bond donors (Lipinski definition) is 1. The summed E-state index contributed by atoms with van der Waals surface area (Å²) in [5, 5.41) is 2.63. The molecule has 6 nitrogen and oxygen atoms in total. The van der Waals surface area contributed by atoms with Crippen LogP contribution in [0.4, 0.5) is 36.8 Å². The summed E-state index contributed by atoms with van der Waals surface area (Å²) in [6, 6.07) is 8.62. The summed E-state index contributed by atoms with van der Waals surface area (Å²) in [5.74, 6) is -3.08. The van der Waals surface area contributed by atoms with Crippen LogP contribution in [0.5, 0.6) is 0 Å². The van der Waals surface area contributed by atoms with Crippen LogP contribution in [0.15, 0.2) is 65.6 Å². The normalized spacial score (nSPS) is 14.9. The Balaban J connectivity index is 1.51. The fourth-order valence-corrected chi connectivity index (χ4v) is 6.16. The van der Waals surface area contributed by atoms with Gasteiger partial charge in [-0.2, -0.15) is 17.5 Å². The number of nitrogens with one attached hydrogen (secondary N) is 1. The van der Waals surface area contributed by atoms with E-state index in [2.05, 4.69) is 5.32 Å². The zero-order valence-corrected chi connectivity index (χ0v) is 22.1. The monoisotopic (exact) mass is 605 g/mol. The van der Waals surface area contributed by atoms with Gasteiger partial charge in [0.25, 0.3) is 0 Å². The van der Waals surface area contributed by atoms with Crippen molar-refractivity contribution in [3.63, 3.8) is 0 Å². The predicted molar refractivity (Wildman–Crippen MR) is 136 cm³/mol. The highest BCUT2D eigenvalue weighted by Gasteiger charge is 2.36. The maximum absolute atomic E-state index is 14.5. The summed E-state index contributed by atoms with van der Waals surface area (Å²) >= 11 is 5.88. The number of sulfonamides is 1. The number of alkyl halides is 3. The lowest BCUT2D eigenvalue weighted by molar-refractivity contribution is -0.139. The number of anilines is 1.